The number of fused-ring (bicyclic) bond motifs is 4. The van der Waals surface area contributed by atoms with E-state index in [1.165, 1.54) is 5.56 Å². The zero-order valence-electron chi connectivity index (χ0n) is 34.8. The molecule has 3 aliphatic rings. The number of rotatable bonds is 12. The molecular formula is C55H48ClN4O2+. The summed E-state index contributed by atoms with van der Waals surface area (Å²) in [5.41, 5.74) is 10.1. The molecule has 6 aromatic carbocycles. The molecule has 3 fully saturated rings. The molecule has 2 aromatic heterocycles. The highest BCUT2D eigenvalue weighted by molar-refractivity contribution is 6.32. The molecule has 3 aliphatic heterocycles. The second kappa shape index (κ2) is 17.0. The van der Waals surface area contributed by atoms with E-state index in [0.717, 1.165) is 92.6 Å². The van der Waals surface area contributed by atoms with Gasteiger partial charge >= 0.3 is 0 Å². The van der Waals surface area contributed by atoms with Crippen molar-refractivity contribution in [3.63, 3.8) is 0 Å². The highest BCUT2D eigenvalue weighted by atomic mass is 35.5. The first kappa shape index (κ1) is 39.5. The van der Waals surface area contributed by atoms with Crippen molar-refractivity contribution in [3.05, 3.63) is 199 Å². The van der Waals surface area contributed by atoms with Gasteiger partial charge in [-0.3, -0.25) is 4.98 Å². The number of hydrogen-bond donors (Lipinski definition) is 0. The quantitative estimate of drug-likeness (QED) is 0.0697. The van der Waals surface area contributed by atoms with E-state index in [1.807, 2.05) is 72.9 Å². The molecule has 0 amide bonds. The summed E-state index contributed by atoms with van der Waals surface area (Å²) in [7, 11) is 1.78. The number of ether oxygens (including phenoxy) is 2. The maximum Gasteiger partial charge on any atom is 0.227 e. The van der Waals surface area contributed by atoms with Gasteiger partial charge in [0.1, 0.15) is 23.5 Å². The average molecular weight is 832 g/mol. The summed E-state index contributed by atoms with van der Waals surface area (Å²) in [4.78, 5) is 15.0. The second-order valence-electron chi connectivity index (χ2n) is 16.7. The Morgan fingerprint density at radius 2 is 1.34 bits per heavy atom. The standard InChI is InChI=1S/C55H48ClN4O2/c1-3-38-36-60(35-37-32-46(39-18-8-4-9-19-39)51(61-2)47(33-37)40-20-10-5-11-21-40)31-29-43(38)34-49(60)52(45-28-30-57-48-27-17-16-26-44(45)48)62-55-50(41-22-12-6-13-23-41)53(56)58-54(59-55)42-24-14-7-15-25-42/h3-28,30,32-33,38,43,49,52H,1,29,31,34-36H2,2H3/q+1/t38-,43-,49+,52-,60?/m0/s1. The minimum Gasteiger partial charge on any atom is -0.495 e. The van der Waals surface area contributed by atoms with Gasteiger partial charge in [-0.25, -0.2) is 4.98 Å². The Morgan fingerprint density at radius 3 is 1.97 bits per heavy atom. The summed E-state index contributed by atoms with van der Waals surface area (Å²) in [6, 6.07) is 56.6. The van der Waals surface area contributed by atoms with E-state index in [4.69, 9.17) is 36.0 Å². The van der Waals surface area contributed by atoms with Gasteiger partial charge in [-0.15, -0.1) is 6.58 Å². The van der Waals surface area contributed by atoms with Crippen molar-refractivity contribution in [2.24, 2.45) is 11.8 Å². The summed E-state index contributed by atoms with van der Waals surface area (Å²) >= 11 is 7.25. The monoisotopic (exact) mass is 831 g/mol. The molecule has 3 saturated heterocycles. The van der Waals surface area contributed by atoms with Crippen LogP contribution in [0.3, 0.4) is 0 Å². The van der Waals surface area contributed by atoms with Crippen molar-refractivity contribution in [2.45, 2.75) is 31.5 Å². The molecule has 8 aromatic rings. The Hall–Kier alpha value is -6.60. The van der Waals surface area contributed by atoms with Gasteiger partial charge in [-0.2, -0.15) is 4.98 Å². The summed E-state index contributed by atoms with van der Waals surface area (Å²) in [5.74, 6) is 2.69. The van der Waals surface area contributed by atoms with Gasteiger partial charge in [0.25, 0.3) is 0 Å². The molecule has 6 nitrogen and oxygen atoms in total. The van der Waals surface area contributed by atoms with Crippen LogP contribution in [0.1, 0.15) is 30.1 Å². The molecule has 0 spiro atoms. The van der Waals surface area contributed by atoms with E-state index < -0.39 is 6.10 Å². The smallest absolute Gasteiger partial charge is 0.227 e. The minimum absolute atomic E-state index is 0.0377. The molecule has 306 valence electrons. The zero-order chi connectivity index (χ0) is 42.0. The number of methoxy groups -OCH3 is 1. The highest BCUT2D eigenvalue weighted by Crippen LogP contribution is 2.51. The Morgan fingerprint density at radius 1 is 0.742 bits per heavy atom. The van der Waals surface area contributed by atoms with Gasteiger partial charge < -0.3 is 14.0 Å². The predicted molar refractivity (Wildman–Crippen MR) is 251 cm³/mol. The Balaban J connectivity index is 1.18. The number of halogens is 1. The largest absolute Gasteiger partial charge is 0.495 e. The van der Waals surface area contributed by atoms with Gasteiger partial charge in [-0.05, 0) is 46.9 Å². The van der Waals surface area contributed by atoms with Crippen LogP contribution in [0.2, 0.25) is 5.15 Å². The number of nitrogens with zero attached hydrogens (tertiary/aromatic N) is 4. The third-order valence-corrected chi connectivity index (χ3v) is 13.5. The fourth-order valence-corrected chi connectivity index (χ4v) is 10.6. The summed E-state index contributed by atoms with van der Waals surface area (Å²) in [5, 5.41) is 1.41. The summed E-state index contributed by atoms with van der Waals surface area (Å²) < 4.78 is 14.8. The summed E-state index contributed by atoms with van der Waals surface area (Å²) in [6.07, 6.45) is 5.76. The Kier molecular flexibility index (Phi) is 10.9. The number of pyridine rings is 1. The van der Waals surface area contributed by atoms with Crippen molar-refractivity contribution >= 4 is 22.5 Å². The van der Waals surface area contributed by atoms with Crippen LogP contribution < -0.4 is 9.47 Å². The molecule has 62 heavy (non-hydrogen) atoms. The normalized spacial score (nSPS) is 19.8. The van der Waals surface area contributed by atoms with Crippen LogP contribution in [0.4, 0.5) is 0 Å². The van der Waals surface area contributed by atoms with Crippen LogP contribution in [0.25, 0.3) is 55.7 Å². The molecule has 2 bridgehead atoms. The number of benzene rings is 6. The van der Waals surface area contributed by atoms with Crippen molar-refractivity contribution in [3.8, 4) is 56.4 Å². The van der Waals surface area contributed by atoms with Gasteiger partial charge in [0.2, 0.25) is 5.88 Å². The van der Waals surface area contributed by atoms with E-state index >= 15 is 0 Å². The summed E-state index contributed by atoms with van der Waals surface area (Å²) in [6.45, 7) is 7.14. The Bertz CT molecular complexity index is 2790. The minimum atomic E-state index is -0.422. The van der Waals surface area contributed by atoms with E-state index in [1.54, 1.807) is 7.11 Å². The van der Waals surface area contributed by atoms with Crippen LogP contribution in [-0.4, -0.2) is 45.7 Å². The lowest BCUT2D eigenvalue weighted by atomic mass is 9.71. The first-order valence-corrected chi connectivity index (χ1v) is 21.9. The molecular weight excluding hydrogens is 784 g/mol. The molecule has 5 atom stereocenters. The highest BCUT2D eigenvalue weighted by Gasteiger charge is 2.55. The molecule has 11 rings (SSSR count). The van der Waals surface area contributed by atoms with Crippen molar-refractivity contribution in [1.82, 2.24) is 15.0 Å². The predicted octanol–water partition coefficient (Wildman–Crippen LogP) is 13.1. The van der Waals surface area contributed by atoms with Crippen LogP contribution in [0.15, 0.2) is 183 Å². The lowest BCUT2D eigenvalue weighted by Crippen LogP contribution is -2.68. The number of hydrogen-bond acceptors (Lipinski definition) is 5. The van der Waals surface area contributed by atoms with Gasteiger partial charge in [-0.1, -0.05) is 157 Å². The van der Waals surface area contributed by atoms with Crippen molar-refractivity contribution in [1.29, 1.82) is 0 Å². The maximum absolute atomic E-state index is 7.66. The molecule has 0 aliphatic carbocycles. The van der Waals surface area contributed by atoms with E-state index in [0.29, 0.717) is 34.3 Å². The number of aromatic nitrogens is 3. The number of quaternary nitrogens is 1. The fourth-order valence-electron chi connectivity index (χ4n) is 10.3. The third kappa shape index (κ3) is 7.44. The number of piperidine rings is 3. The third-order valence-electron chi connectivity index (χ3n) is 13.2. The Labute approximate surface area is 368 Å². The van der Waals surface area contributed by atoms with E-state index in [9.17, 15) is 0 Å². The number of para-hydroxylation sites is 1. The van der Waals surface area contributed by atoms with E-state index in [-0.39, 0.29) is 6.04 Å². The fraction of sp³-hybridized carbons (Fsp3) is 0.182. The molecule has 5 heterocycles. The molecule has 1 unspecified atom stereocenters. The SMILES string of the molecule is C=C[C@H]1C[N+]2(Cc3cc(-c4ccccc4)c(OC)c(-c4ccccc4)c3)CC[C@H]1C[C@@H]2[C@@H](Oc1nc(-c2ccccc2)nc(Cl)c1-c1ccccc1)c1ccnc2ccccc12. The zero-order valence-corrected chi connectivity index (χ0v) is 35.5. The van der Waals surface area contributed by atoms with Crippen LogP contribution >= 0.6 is 11.6 Å². The molecule has 7 heteroatoms. The van der Waals surface area contributed by atoms with Gasteiger partial charge in [0.05, 0.1) is 31.3 Å². The lowest BCUT2D eigenvalue weighted by molar-refractivity contribution is -0.984. The molecule has 0 N–H and O–H groups in total. The lowest BCUT2D eigenvalue weighted by Gasteiger charge is -2.58. The van der Waals surface area contributed by atoms with Gasteiger partial charge in [0, 0.05) is 58.2 Å². The van der Waals surface area contributed by atoms with Crippen LogP contribution in [0, 0.1) is 11.8 Å². The van der Waals surface area contributed by atoms with Crippen LogP contribution in [0.5, 0.6) is 11.6 Å². The first-order valence-electron chi connectivity index (χ1n) is 21.5. The van der Waals surface area contributed by atoms with Gasteiger partial charge in [0.15, 0.2) is 11.9 Å². The van der Waals surface area contributed by atoms with Crippen molar-refractivity contribution < 1.29 is 14.0 Å². The first-order chi connectivity index (χ1) is 30.5. The van der Waals surface area contributed by atoms with Crippen molar-refractivity contribution in [2.75, 3.05) is 20.2 Å². The average Bonchev–Trinajstić information content (AvgIpc) is 3.33. The van der Waals surface area contributed by atoms with Crippen LogP contribution in [-0.2, 0) is 6.54 Å². The second-order valence-corrected chi connectivity index (χ2v) is 17.1. The van der Waals surface area contributed by atoms with E-state index in [2.05, 4.69) is 110 Å². The maximum atomic E-state index is 7.66. The molecule has 0 radical (unpaired) electrons. The topological polar surface area (TPSA) is 57.1 Å². The molecule has 0 saturated carbocycles.